The summed E-state index contributed by atoms with van der Waals surface area (Å²) < 4.78 is 25.5. The number of hydrogen-bond acceptors (Lipinski definition) is 3. The van der Waals surface area contributed by atoms with Crippen LogP contribution in [0.4, 0.5) is 0 Å². The summed E-state index contributed by atoms with van der Waals surface area (Å²) in [6, 6.07) is 0. The Hall–Kier alpha value is -1.32. The number of aromatic amines is 1. The van der Waals surface area contributed by atoms with Crippen molar-refractivity contribution in [2.75, 3.05) is 0 Å². The van der Waals surface area contributed by atoms with E-state index in [1.54, 1.807) is 13.8 Å². The highest BCUT2D eigenvalue weighted by molar-refractivity contribution is 7.89. The van der Waals surface area contributed by atoms with Gasteiger partial charge in [-0.25, -0.2) is 13.4 Å². The van der Waals surface area contributed by atoms with E-state index in [9.17, 15) is 8.42 Å². The zero-order valence-corrected chi connectivity index (χ0v) is 8.72. The molecule has 0 spiro atoms. The summed E-state index contributed by atoms with van der Waals surface area (Å²) in [4.78, 5) is 6.13. The molecule has 1 aromatic rings. The molecule has 0 aliphatic heterocycles. The first kappa shape index (κ1) is 10.8. The highest BCUT2D eigenvalue weighted by atomic mass is 32.2. The predicted octanol–water partition coefficient (Wildman–Crippen LogP) is 0.0998. The molecule has 0 saturated heterocycles. The molecule has 0 amide bonds. The van der Waals surface area contributed by atoms with Crippen molar-refractivity contribution in [2.45, 2.75) is 24.5 Å². The molecule has 1 rings (SSSR count). The van der Waals surface area contributed by atoms with Crippen molar-refractivity contribution in [3.8, 4) is 12.3 Å². The minimum atomic E-state index is -3.65. The molecule has 0 aliphatic carbocycles. The Labute approximate surface area is 83.0 Å². The third-order valence-electron chi connectivity index (χ3n) is 1.48. The lowest BCUT2D eigenvalue weighted by atomic mass is 10.1. The summed E-state index contributed by atoms with van der Waals surface area (Å²) in [5.74, 6) is 2.33. The predicted molar refractivity (Wildman–Crippen MR) is 51.8 cm³/mol. The monoisotopic (exact) mass is 213 g/mol. The number of sulfonamides is 1. The summed E-state index contributed by atoms with van der Waals surface area (Å²) in [5, 5.41) is -0.138. The second kappa shape index (κ2) is 3.44. The number of rotatable bonds is 3. The van der Waals surface area contributed by atoms with Gasteiger partial charge in [-0.05, 0) is 13.8 Å². The lowest BCUT2D eigenvalue weighted by Crippen LogP contribution is -2.42. The van der Waals surface area contributed by atoms with E-state index in [1.807, 2.05) is 0 Å². The fourth-order valence-corrected chi connectivity index (χ4v) is 2.06. The van der Waals surface area contributed by atoms with Crippen molar-refractivity contribution in [3.05, 3.63) is 12.4 Å². The molecule has 1 aromatic heterocycles. The van der Waals surface area contributed by atoms with Gasteiger partial charge in [0.05, 0.1) is 5.54 Å². The zero-order chi connectivity index (χ0) is 10.8. The van der Waals surface area contributed by atoms with Crippen LogP contribution in [0.15, 0.2) is 17.6 Å². The number of aromatic nitrogens is 2. The van der Waals surface area contributed by atoms with E-state index in [0.29, 0.717) is 0 Å². The van der Waals surface area contributed by atoms with Gasteiger partial charge in [-0.15, -0.1) is 6.42 Å². The third kappa shape index (κ3) is 2.34. The number of hydrogen-bond donors (Lipinski definition) is 2. The van der Waals surface area contributed by atoms with Crippen LogP contribution in [0.2, 0.25) is 0 Å². The maximum atomic E-state index is 11.6. The molecule has 0 bridgehead atoms. The van der Waals surface area contributed by atoms with Crippen LogP contribution < -0.4 is 4.72 Å². The largest absolute Gasteiger partial charge is 0.334 e. The van der Waals surface area contributed by atoms with Gasteiger partial charge in [0.1, 0.15) is 0 Å². The maximum Gasteiger partial charge on any atom is 0.275 e. The van der Waals surface area contributed by atoms with Gasteiger partial charge in [-0.3, -0.25) is 0 Å². The summed E-state index contributed by atoms with van der Waals surface area (Å²) in [6.45, 7) is 3.18. The molecule has 5 nitrogen and oxygen atoms in total. The molecular formula is C8H11N3O2S. The van der Waals surface area contributed by atoms with Crippen LogP contribution in [-0.2, 0) is 10.0 Å². The fraction of sp³-hybridized carbons (Fsp3) is 0.375. The first-order valence-electron chi connectivity index (χ1n) is 3.88. The first-order chi connectivity index (χ1) is 6.37. The summed E-state index contributed by atoms with van der Waals surface area (Å²) in [6.07, 6.45) is 7.95. The molecule has 6 heteroatoms. The van der Waals surface area contributed by atoms with Crippen molar-refractivity contribution in [1.29, 1.82) is 0 Å². The Kier molecular flexibility index (Phi) is 2.64. The van der Waals surface area contributed by atoms with Crippen molar-refractivity contribution in [3.63, 3.8) is 0 Å². The van der Waals surface area contributed by atoms with E-state index in [-0.39, 0.29) is 5.16 Å². The van der Waals surface area contributed by atoms with E-state index in [4.69, 9.17) is 6.42 Å². The molecular weight excluding hydrogens is 202 g/mol. The fourth-order valence-electron chi connectivity index (χ4n) is 0.811. The topological polar surface area (TPSA) is 74.8 Å². The lowest BCUT2D eigenvalue weighted by Gasteiger charge is -2.17. The number of nitrogens with zero attached hydrogens (tertiary/aromatic N) is 1. The van der Waals surface area contributed by atoms with E-state index >= 15 is 0 Å². The minimum absolute atomic E-state index is 0.138. The van der Waals surface area contributed by atoms with Crippen LogP contribution in [0.3, 0.4) is 0 Å². The lowest BCUT2D eigenvalue weighted by molar-refractivity contribution is 0.533. The van der Waals surface area contributed by atoms with E-state index in [0.717, 1.165) is 0 Å². The van der Waals surface area contributed by atoms with Crippen molar-refractivity contribution in [1.82, 2.24) is 14.7 Å². The Morgan fingerprint density at radius 3 is 2.71 bits per heavy atom. The SMILES string of the molecule is C#CC(C)(C)NS(=O)(=O)c1ncc[nH]1. The van der Waals surface area contributed by atoms with E-state index < -0.39 is 15.6 Å². The summed E-state index contributed by atoms with van der Waals surface area (Å²) in [5.41, 5.74) is -0.925. The van der Waals surface area contributed by atoms with Gasteiger partial charge in [-0.2, -0.15) is 4.72 Å². The maximum absolute atomic E-state index is 11.6. The number of imidazole rings is 1. The van der Waals surface area contributed by atoms with Crippen molar-refractivity contribution in [2.24, 2.45) is 0 Å². The van der Waals surface area contributed by atoms with Crippen LogP contribution in [0.1, 0.15) is 13.8 Å². The minimum Gasteiger partial charge on any atom is -0.334 e. The molecule has 2 N–H and O–H groups in total. The van der Waals surface area contributed by atoms with Gasteiger partial charge < -0.3 is 4.98 Å². The molecule has 0 aromatic carbocycles. The third-order valence-corrected chi connectivity index (χ3v) is 2.99. The summed E-state index contributed by atoms with van der Waals surface area (Å²) >= 11 is 0. The second-order valence-corrected chi connectivity index (χ2v) is 4.87. The molecule has 14 heavy (non-hydrogen) atoms. The van der Waals surface area contributed by atoms with Crippen LogP contribution in [0.5, 0.6) is 0 Å². The van der Waals surface area contributed by atoms with Gasteiger partial charge in [0, 0.05) is 12.4 Å². The van der Waals surface area contributed by atoms with E-state index in [2.05, 4.69) is 20.6 Å². The Balaban J connectivity index is 2.97. The molecule has 0 atom stereocenters. The van der Waals surface area contributed by atoms with Gasteiger partial charge >= 0.3 is 0 Å². The Morgan fingerprint density at radius 2 is 2.29 bits per heavy atom. The number of H-pyrrole nitrogens is 1. The van der Waals surface area contributed by atoms with Crippen LogP contribution in [0.25, 0.3) is 0 Å². The van der Waals surface area contributed by atoms with Gasteiger partial charge in [-0.1, -0.05) is 5.92 Å². The second-order valence-electron chi connectivity index (χ2n) is 3.27. The van der Waals surface area contributed by atoms with Gasteiger partial charge in [0.2, 0.25) is 5.16 Å². The highest BCUT2D eigenvalue weighted by Crippen LogP contribution is 2.07. The van der Waals surface area contributed by atoms with E-state index in [1.165, 1.54) is 12.4 Å². The van der Waals surface area contributed by atoms with Gasteiger partial charge in [0.15, 0.2) is 0 Å². The molecule has 76 valence electrons. The van der Waals surface area contributed by atoms with Crippen LogP contribution in [-0.4, -0.2) is 23.9 Å². The van der Waals surface area contributed by atoms with Crippen LogP contribution in [0, 0.1) is 12.3 Å². The molecule has 0 fully saturated rings. The van der Waals surface area contributed by atoms with Crippen LogP contribution >= 0.6 is 0 Å². The number of nitrogens with one attached hydrogen (secondary N) is 2. The molecule has 0 aliphatic rings. The molecule has 0 saturated carbocycles. The Morgan fingerprint density at radius 1 is 1.64 bits per heavy atom. The average Bonchev–Trinajstić information content (AvgIpc) is 2.54. The number of terminal acetylenes is 1. The van der Waals surface area contributed by atoms with Crippen molar-refractivity contribution >= 4 is 10.0 Å². The quantitative estimate of drug-likeness (QED) is 0.699. The molecule has 1 heterocycles. The molecule has 0 unspecified atom stereocenters. The summed E-state index contributed by atoms with van der Waals surface area (Å²) in [7, 11) is -3.65. The van der Waals surface area contributed by atoms with Gasteiger partial charge in [0.25, 0.3) is 10.0 Å². The smallest absolute Gasteiger partial charge is 0.275 e. The Bertz CT molecular complexity index is 439. The first-order valence-corrected chi connectivity index (χ1v) is 5.37. The standard InChI is InChI=1S/C8H11N3O2S/c1-4-8(2,3)11-14(12,13)7-9-5-6-10-7/h1,5-6,11H,2-3H3,(H,9,10). The average molecular weight is 213 g/mol. The zero-order valence-electron chi connectivity index (χ0n) is 7.90. The normalized spacial score (nSPS) is 12.4. The highest BCUT2D eigenvalue weighted by Gasteiger charge is 2.25. The molecule has 0 radical (unpaired) electrons. The van der Waals surface area contributed by atoms with Crippen molar-refractivity contribution < 1.29 is 8.42 Å².